The summed E-state index contributed by atoms with van der Waals surface area (Å²) < 4.78 is 7.09. The Morgan fingerprint density at radius 3 is 2.94 bits per heavy atom. The van der Waals surface area contributed by atoms with Crippen molar-refractivity contribution in [1.29, 1.82) is 0 Å². The van der Waals surface area contributed by atoms with E-state index in [-0.39, 0.29) is 12.1 Å². The molecular formula is C13H11BrClNOS. The second kappa shape index (κ2) is 4.85. The molecule has 3 rings (SSSR count). The predicted molar refractivity (Wildman–Crippen MR) is 78.4 cm³/mol. The second-order valence-corrected chi connectivity index (χ2v) is 6.59. The summed E-state index contributed by atoms with van der Waals surface area (Å²) in [7, 11) is 0. The Hall–Kier alpha value is -0.550. The quantitative estimate of drug-likeness (QED) is 0.814. The highest BCUT2D eigenvalue weighted by molar-refractivity contribution is 9.10. The Morgan fingerprint density at radius 1 is 1.39 bits per heavy atom. The topological polar surface area (TPSA) is 35.2 Å². The van der Waals surface area contributed by atoms with Crippen LogP contribution in [0.25, 0.3) is 0 Å². The van der Waals surface area contributed by atoms with E-state index in [0.717, 1.165) is 22.2 Å². The third kappa shape index (κ3) is 2.30. The number of benzene rings is 1. The number of thiophene rings is 1. The molecule has 94 valence electrons. The van der Waals surface area contributed by atoms with E-state index in [1.165, 1.54) is 4.88 Å². The molecule has 1 aromatic heterocycles. The van der Waals surface area contributed by atoms with Crippen molar-refractivity contribution >= 4 is 38.9 Å². The Bertz CT molecular complexity index is 586. The van der Waals surface area contributed by atoms with Crippen LogP contribution in [0.15, 0.2) is 34.1 Å². The van der Waals surface area contributed by atoms with Gasteiger partial charge in [-0.25, -0.2) is 0 Å². The van der Waals surface area contributed by atoms with Crippen LogP contribution in [0, 0.1) is 0 Å². The molecule has 1 aromatic carbocycles. The van der Waals surface area contributed by atoms with Gasteiger partial charge in [0.15, 0.2) is 0 Å². The first kappa shape index (κ1) is 12.5. The lowest BCUT2D eigenvalue weighted by Gasteiger charge is -2.29. The molecule has 1 unspecified atom stereocenters. The maximum absolute atomic E-state index is 6.20. The Balaban J connectivity index is 1.94. The van der Waals surface area contributed by atoms with Crippen molar-refractivity contribution in [2.45, 2.75) is 18.6 Å². The molecular weight excluding hydrogens is 334 g/mol. The molecule has 0 aliphatic carbocycles. The van der Waals surface area contributed by atoms with Gasteiger partial charge in [-0.05, 0) is 40.2 Å². The monoisotopic (exact) mass is 343 g/mol. The van der Waals surface area contributed by atoms with Crippen LogP contribution in [0.3, 0.4) is 0 Å². The van der Waals surface area contributed by atoms with Crippen molar-refractivity contribution in [3.05, 3.63) is 49.6 Å². The molecule has 5 heteroatoms. The number of rotatable bonds is 1. The Morgan fingerprint density at radius 2 is 2.22 bits per heavy atom. The lowest BCUT2D eigenvalue weighted by Crippen LogP contribution is -2.23. The summed E-state index contributed by atoms with van der Waals surface area (Å²) in [5, 5.41) is 2.76. The molecule has 0 spiro atoms. The summed E-state index contributed by atoms with van der Waals surface area (Å²) >= 11 is 11.1. The van der Waals surface area contributed by atoms with E-state index < -0.39 is 0 Å². The van der Waals surface area contributed by atoms with Gasteiger partial charge in [0, 0.05) is 37.8 Å². The van der Waals surface area contributed by atoms with E-state index in [1.807, 2.05) is 18.2 Å². The zero-order valence-electron chi connectivity index (χ0n) is 9.40. The number of halogens is 2. The summed E-state index contributed by atoms with van der Waals surface area (Å²) in [6.07, 6.45) is 0.810. The molecule has 2 aromatic rings. The highest BCUT2D eigenvalue weighted by Gasteiger charge is 2.28. The molecule has 0 saturated heterocycles. The minimum Gasteiger partial charge on any atom is -0.484 e. The normalized spacial score (nSPS) is 22.4. The first-order chi connectivity index (χ1) is 8.63. The Labute approximate surface area is 123 Å². The molecule has 2 heterocycles. The van der Waals surface area contributed by atoms with E-state index in [0.29, 0.717) is 5.02 Å². The summed E-state index contributed by atoms with van der Waals surface area (Å²) in [5.41, 5.74) is 7.20. The average molecular weight is 345 g/mol. The molecule has 0 radical (unpaired) electrons. The number of ether oxygens (including phenoxy) is 1. The lowest BCUT2D eigenvalue weighted by molar-refractivity contribution is 0.165. The summed E-state index contributed by atoms with van der Waals surface area (Å²) in [5.74, 6) is 0.840. The zero-order chi connectivity index (χ0) is 12.7. The van der Waals surface area contributed by atoms with Crippen molar-refractivity contribution in [3.63, 3.8) is 0 Å². The van der Waals surface area contributed by atoms with Crippen LogP contribution < -0.4 is 10.5 Å². The van der Waals surface area contributed by atoms with Crippen molar-refractivity contribution in [3.8, 4) is 5.75 Å². The third-order valence-corrected chi connectivity index (χ3v) is 5.03. The smallest absolute Gasteiger partial charge is 0.135 e. The minimum atomic E-state index is -0.0293. The number of hydrogen-bond donors (Lipinski definition) is 1. The van der Waals surface area contributed by atoms with E-state index >= 15 is 0 Å². The van der Waals surface area contributed by atoms with Crippen molar-refractivity contribution in [1.82, 2.24) is 0 Å². The number of hydrogen-bond acceptors (Lipinski definition) is 3. The molecule has 1 aliphatic rings. The van der Waals surface area contributed by atoms with Gasteiger partial charge < -0.3 is 10.5 Å². The van der Waals surface area contributed by atoms with Crippen LogP contribution in [-0.4, -0.2) is 0 Å². The van der Waals surface area contributed by atoms with Gasteiger partial charge >= 0.3 is 0 Å². The fourth-order valence-corrected chi connectivity index (χ4v) is 3.81. The molecule has 18 heavy (non-hydrogen) atoms. The van der Waals surface area contributed by atoms with Gasteiger partial charge in [0.05, 0.1) is 0 Å². The average Bonchev–Trinajstić information content (AvgIpc) is 2.77. The molecule has 0 bridgehead atoms. The molecule has 0 saturated carbocycles. The maximum atomic E-state index is 6.20. The van der Waals surface area contributed by atoms with Gasteiger partial charge in [0.25, 0.3) is 0 Å². The van der Waals surface area contributed by atoms with Crippen LogP contribution in [0.4, 0.5) is 0 Å². The summed E-state index contributed by atoms with van der Waals surface area (Å²) in [4.78, 5) is 1.19. The first-order valence-electron chi connectivity index (χ1n) is 5.59. The molecule has 2 atom stereocenters. The van der Waals surface area contributed by atoms with Crippen LogP contribution in [-0.2, 0) is 0 Å². The second-order valence-electron chi connectivity index (χ2n) is 4.30. The van der Waals surface area contributed by atoms with E-state index in [2.05, 4.69) is 27.4 Å². The number of nitrogens with two attached hydrogens (primary N) is 1. The van der Waals surface area contributed by atoms with E-state index in [1.54, 1.807) is 11.3 Å². The van der Waals surface area contributed by atoms with Crippen LogP contribution in [0.1, 0.15) is 29.0 Å². The zero-order valence-corrected chi connectivity index (χ0v) is 12.6. The predicted octanol–water partition coefficient (Wildman–Crippen LogP) is 4.69. The molecule has 2 N–H and O–H groups in total. The van der Waals surface area contributed by atoms with Gasteiger partial charge in [0.2, 0.25) is 0 Å². The van der Waals surface area contributed by atoms with Crippen molar-refractivity contribution < 1.29 is 4.74 Å². The van der Waals surface area contributed by atoms with Crippen LogP contribution >= 0.6 is 38.9 Å². The van der Waals surface area contributed by atoms with Gasteiger partial charge in [-0.3, -0.25) is 0 Å². The van der Waals surface area contributed by atoms with Crippen LogP contribution in [0.2, 0.25) is 5.02 Å². The Kier molecular flexibility index (Phi) is 3.36. The van der Waals surface area contributed by atoms with Gasteiger partial charge in [-0.1, -0.05) is 11.6 Å². The van der Waals surface area contributed by atoms with E-state index in [9.17, 15) is 0 Å². The fourth-order valence-electron chi connectivity index (χ4n) is 2.15. The summed E-state index contributed by atoms with van der Waals surface area (Å²) in [6, 6.07) is 7.68. The minimum absolute atomic E-state index is 0.0293. The largest absolute Gasteiger partial charge is 0.484 e. The number of fused-ring (bicyclic) bond motifs is 1. The van der Waals surface area contributed by atoms with E-state index in [4.69, 9.17) is 22.1 Å². The molecule has 1 aliphatic heterocycles. The molecule has 0 amide bonds. The lowest BCUT2D eigenvalue weighted by atomic mass is 9.97. The van der Waals surface area contributed by atoms with Gasteiger partial charge in [0.1, 0.15) is 11.9 Å². The molecule has 2 nitrogen and oxygen atoms in total. The van der Waals surface area contributed by atoms with Crippen molar-refractivity contribution in [2.24, 2.45) is 5.73 Å². The first-order valence-corrected chi connectivity index (χ1v) is 7.64. The van der Waals surface area contributed by atoms with Gasteiger partial charge in [-0.2, -0.15) is 0 Å². The fraction of sp³-hybridized carbons (Fsp3) is 0.231. The van der Waals surface area contributed by atoms with Crippen LogP contribution in [0.5, 0.6) is 5.75 Å². The third-order valence-electron chi connectivity index (χ3n) is 3.01. The van der Waals surface area contributed by atoms with Gasteiger partial charge in [-0.15, -0.1) is 11.3 Å². The summed E-state index contributed by atoms with van der Waals surface area (Å²) in [6.45, 7) is 0. The highest BCUT2D eigenvalue weighted by atomic mass is 79.9. The highest BCUT2D eigenvalue weighted by Crippen LogP contribution is 2.42. The van der Waals surface area contributed by atoms with Crippen molar-refractivity contribution in [2.75, 3.05) is 0 Å². The standard InChI is InChI=1S/C13H11BrClNOS/c14-7-3-13(18-6-7)12-5-10(16)9-4-8(15)1-2-11(9)17-12/h1-4,6,10,12H,5,16H2/t10-,12?/m1/s1. The maximum Gasteiger partial charge on any atom is 0.135 e. The molecule has 0 fully saturated rings. The SMILES string of the molecule is N[C@@H]1CC(c2cc(Br)cs2)Oc2ccc(Cl)cc21.